The van der Waals surface area contributed by atoms with Gasteiger partial charge in [-0.3, -0.25) is 4.21 Å². The van der Waals surface area contributed by atoms with Crippen LogP contribution in [-0.2, 0) is 10.8 Å². The number of hydrogen-bond acceptors (Lipinski definition) is 3. The molecule has 0 bridgehead atoms. The van der Waals surface area contributed by atoms with E-state index in [-0.39, 0.29) is 0 Å². The van der Waals surface area contributed by atoms with E-state index < -0.39 is 10.8 Å². The Balaban J connectivity index is 1.66. The van der Waals surface area contributed by atoms with E-state index in [0.29, 0.717) is 29.6 Å². The summed E-state index contributed by atoms with van der Waals surface area (Å²) in [5, 5.41) is 8.94. The first-order valence-electron chi connectivity index (χ1n) is 7.26. The predicted octanol–water partition coefficient (Wildman–Crippen LogP) is 3.27. The second-order valence-corrected chi connectivity index (χ2v) is 6.89. The molecule has 1 aromatic rings. The Hall–Kier alpha value is -1.34. The fourth-order valence-corrected chi connectivity index (χ4v) is 4.08. The first-order valence-corrected chi connectivity index (χ1v) is 8.75. The van der Waals surface area contributed by atoms with Gasteiger partial charge in [-0.05, 0) is 37.3 Å². The summed E-state index contributed by atoms with van der Waals surface area (Å²) < 4.78 is 17.5. The molecule has 1 fully saturated rings. The SMILES string of the molecule is N#Cc1ccccc1OCCCS(=O)CC1CCCC1. The van der Waals surface area contributed by atoms with Crippen LogP contribution >= 0.6 is 0 Å². The molecule has 0 saturated heterocycles. The number of hydrogen-bond donors (Lipinski definition) is 0. The molecule has 1 saturated carbocycles. The van der Waals surface area contributed by atoms with Crippen LogP contribution in [0.25, 0.3) is 0 Å². The summed E-state index contributed by atoms with van der Waals surface area (Å²) in [5.74, 6) is 2.85. The first kappa shape index (κ1) is 15.1. The molecule has 1 atom stereocenters. The third kappa shape index (κ3) is 4.64. The van der Waals surface area contributed by atoms with E-state index in [2.05, 4.69) is 6.07 Å². The van der Waals surface area contributed by atoms with Crippen LogP contribution in [0.3, 0.4) is 0 Å². The van der Waals surface area contributed by atoms with Crippen molar-refractivity contribution in [2.24, 2.45) is 5.92 Å². The number of ether oxygens (including phenoxy) is 1. The largest absolute Gasteiger partial charge is 0.492 e. The van der Waals surface area contributed by atoms with Crippen molar-refractivity contribution in [2.45, 2.75) is 32.1 Å². The van der Waals surface area contributed by atoms with Crippen LogP contribution in [0.5, 0.6) is 5.75 Å². The van der Waals surface area contributed by atoms with Gasteiger partial charge in [0.05, 0.1) is 12.2 Å². The summed E-state index contributed by atoms with van der Waals surface area (Å²) in [7, 11) is -0.720. The van der Waals surface area contributed by atoms with Gasteiger partial charge in [-0.2, -0.15) is 5.26 Å². The quantitative estimate of drug-likeness (QED) is 0.724. The molecule has 0 amide bonds. The van der Waals surface area contributed by atoms with Crippen LogP contribution in [0.15, 0.2) is 24.3 Å². The van der Waals surface area contributed by atoms with Crippen molar-refractivity contribution in [3.8, 4) is 11.8 Å². The highest BCUT2D eigenvalue weighted by Crippen LogP contribution is 2.25. The molecule has 3 nitrogen and oxygen atoms in total. The van der Waals surface area contributed by atoms with Crippen molar-refractivity contribution in [2.75, 3.05) is 18.1 Å². The van der Waals surface area contributed by atoms with Gasteiger partial charge in [0.25, 0.3) is 0 Å². The summed E-state index contributed by atoms with van der Waals surface area (Å²) in [6.07, 6.45) is 5.88. The average Bonchev–Trinajstić information content (AvgIpc) is 2.97. The third-order valence-corrected chi connectivity index (χ3v) is 5.26. The minimum absolute atomic E-state index is 0.523. The Kier molecular flexibility index (Phi) is 6.07. The van der Waals surface area contributed by atoms with Crippen molar-refractivity contribution in [3.63, 3.8) is 0 Å². The average molecular weight is 291 g/mol. The second kappa shape index (κ2) is 8.06. The predicted molar refractivity (Wildman–Crippen MR) is 81.1 cm³/mol. The zero-order chi connectivity index (χ0) is 14.2. The molecule has 1 unspecified atom stereocenters. The van der Waals surface area contributed by atoms with Gasteiger partial charge in [-0.25, -0.2) is 0 Å². The van der Waals surface area contributed by atoms with E-state index >= 15 is 0 Å². The van der Waals surface area contributed by atoms with E-state index in [9.17, 15) is 4.21 Å². The topological polar surface area (TPSA) is 50.1 Å². The van der Waals surface area contributed by atoms with E-state index in [1.165, 1.54) is 25.7 Å². The number of benzene rings is 1. The van der Waals surface area contributed by atoms with Crippen LogP contribution in [0.4, 0.5) is 0 Å². The molecule has 0 N–H and O–H groups in total. The molecular formula is C16H21NO2S. The first-order chi connectivity index (χ1) is 9.79. The Labute approximate surface area is 123 Å². The lowest BCUT2D eigenvalue weighted by atomic mass is 10.1. The Bertz CT molecular complexity index is 489. The van der Waals surface area contributed by atoms with Crippen molar-refractivity contribution in [3.05, 3.63) is 29.8 Å². The highest BCUT2D eigenvalue weighted by atomic mass is 32.2. The number of nitrogens with zero attached hydrogens (tertiary/aromatic N) is 1. The van der Waals surface area contributed by atoms with E-state index in [1.807, 2.05) is 12.1 Å². The molecule has 4 heteroatoms. The maximum Gasteiger partial charge on any atom is 0.137 e. The van der Waals surface area contributed by atoms with Gasteiger partial charge < -0.3 is 4.74 Å². The monoisotopic (exact) mass is 291 g/mol. The van der Waals surface area contributed by atoms with E-state index in [0.717, 1.165) is 12.2 Å². The molecule has 1 aliphatic rings. The minimum Gasteiger partial charge on any atom is -0.492 e. The Morgan fingerprint density at radius 2 is 2.05 bits per heavy atom. The smallest absolute Gasteiger partial charge is 0.137 e. The summed E-state index contributed by atoms with van der Waals surface area (Å²) in [6.45, 7) is 0.523. The second-order valence-electron chi connectivity index (χ2n) is 5.27. The van der Waals surface area contributed by atoms with Gasteiger partial charge in [0, 0.05) is 22.3 Å². The van der Waals surface area contributed by atoms with Gasteiger partial charge >= 0.3 is 0 Å². The molecule has 0 radical (unpaired) electrons. The zero-order valence-corrected chi connectivity index (χ0v) is 12.5. The fraction of sp³-hybridized carbons (Fsp3) is 0.562. The van der Waals surface area contributed by atoms with Gasteiger partial charge in [0.1, 0.15) is 11.8 Å². The summed E-state index contributed by atoms with van der Waals surface area (Å²) in [6, 6.07) is 9.33. The van der Waals surface area contributed by atoms with Gasteiger partial charge in [0.2, 0.25) is 0 Å². The Morgan fingerprint density at radius 3 is 2.80 bits per heavy atom. The molecule has 108 valence electrons. The zero-order valence-electron chi connectivity index (χ0n) is 11.7. The number of rotatable bonds is 7. The molecule has 0 heterocycles. The van der Waals surface area contributed by atoms with Gasteiger partial charge in [-0.1, -0.05) is 25.0 Å². The van der Waals surface area contributed by atoms with Crippen LogP contribution in [0.1, 0.15) is 37.7 Å². The third-order valence-electron chi connectivity index (χ3n) is 3.68. The maximum atomic E-state index is 11.9. The van der Waals surface area contributed by atoms with Crippen LogP contribution in [0.2, 0.25) is 0 Å². The lowest BCUT2D eigenvalue weighted by Crippen LogP contribution is -2.12. The lowest BCUT2D eigenvalue weighted by Gasteiger charge is -2.09. The molecule has 2 rings (SSSR count). The standard InChI is InChI=1S/C16H21NO2S/c17-12-15-8-3-4-9-16(15)19-10-5-11-20(18)13-14-6-1-2-7-14/h3-4,8-9,14H,1-2,5-7,10-11,13H2. The van der Waals surface area contributed by atoms with Crippen LogP contribution < -0.4 is 4.74 Å². The van der Waals surface area contributed by atoms with Crippen LogP contribution in [-0.4, -0.2) is 22.3 Å². The van der Waals surface area contributed by atoms with Crippen LogP contribution in [0, 0.1) is 17.2 Å². The highest BCUT2D eigenvalue weighted by Gasteiger charge is 2.17. The molecule has 20 heavy (non-hydrogen) atoms. The van der Waals surface area contributed by atoms with Crippen molar-refractivity contribution < 1.29 is 8.95 Å². The van der Waals surface area contributed by atoms with Gasteiger partial charge in [0.15, 0.2) is 0 Å². The lowest BCUT2D eigenvalue weighted by molar-refractivity contribution is 0.317. The summed E-state index contributed by atoms with van der Waals surface area (Å²) in [5.41, 5.74) is 0.555. The van der Waals surface area contributed by atoms with E-state index in [4.69, 9.17) is 10.00 Å². The van der Waals surface area contributed by atoms with Gasteiger partial charge in [-0.15, -0.1) is 0 Å². The molecule has 0 spiro atoms. The molecule has 1 aromatic carbocycles. The molecule has 0 aromatic heterocycles. The maximum absolute atomic E-state index is 11.9. The van der Waals surface area contributed by atoms with Crippen molar-refractivity contribution in [1.29, 1.82) is 5.26 Å². The van der Waals surface area contributed by atoms with Crippen molar-refractivity contribution >= 4 is 10.8 Å². The number of para-hydroxylation sites is 1. The van der Waals surface area contributed by atoms with E-state index in [1.54, 1.807) is 12.1 Å². The summed E-state index contributed by atoms with van der Waals surface area (Å²) >= 11 is 0. The highest BCUT2D eigenvalue weighted by molar-refractivity contribution is 7.84. The molecule has 0 aliphatic heterocycles. The number of nitriles is 1. The van der Waals surface area contributed by atoms with Crippen molar-refractivity contribution in [1.82, 2.24) is 0 Å². The molecule has 1 aliphatic carbocycles. The molecular weight excluding hydrogens is 270 g/mol. The normalized spacial score (nSPS) is 16.8. The Morgan fingerprint density at radius 1 is 1.30 bits per heavy atom. The fourth-order valence-electron chi connectivity index (χ4n) is 2.61. The minimum atomic E-state index is -0.720. The summed E-state index contributed by atoms with van der Waals surface area (Å²) in [4.78, 5) is 0.